The van der Waals surface area contributed by atoms with Gasteiger partial charge in [0.15, 0.2) is 0 Å². The molecule has 2 N–H and O–H groups in total. The average Bonchev–Trinajstić information content (AvgIpc) is 3.63. The number of fused-ring (bicyclic) bond motifs is 1. The predicted molar refractivity (Wildman–Crippen MR) is 151 cm³/mol. The number of benzene rings is 1. The topological polar surface area (TPSA) is 78.1 Å². The van der Waals surface area contributed by atoms with Gasteiger partial charge in [0, 0.05) is 34.3 Å². The Morgan fingerprint density at radius 3 is 2.26 bits per heavy atom. The molecule has 3 aromatic heterocycles. The van der Waals surface area contributed by atoms with Crippen molar-refractivity contribution in [1.29, 1.82) is 0 Å². The minimum Gasteiger partial charge on any atom is -0.347 e. The lowest BCUT2D eigenvalue weighted by Crippen LogP contribution is -2.37. The van der Waals surface area contributed by atoms with Crippen molar-refractivity contribution < 1.29 is 9.59 Å². The van der Waals surface area contributed by atoms with Gasteiger partial charge in [-0.1, -0.05) is 44.5 Å². The van der Waals surface area contributed by atoms with E-state index in [9.17, 15) is 9.59 Å². The van der Waals surface area contributed by atoms with Crippen molar-refractivity contribution in [3.63, 3.8) is 0 Å². The Hall–Kier alpha value is -2.49. The van der Waals surface area contributed by atoms with Crippen LogP contribution in [0.1, 0.15) is 40.0 Å². The number of imidazole rings is 1. The number of likely N-dealkylation sites (tertiary alicyclic amines) is 1. The predicted octanol–water partition coefficient (Wildman–Crippen LogP) is 6.94. The number of rotatable bonds is 4. The molecule has 4 aromatic rings. The van der Waals surface area contributed by atoms with Crippen LogP contribution < -0.4 is 5.32 Å². The van der Waals surface area contributed by atoms with Gasteiger partial charge >= 0.3 is 0 Å². The van der Waals surface area contributed by atoms with Gasteiger partial charge < -0.3 is 15.2 Å². The van der Waals surface area contributed by atoms with Crippen LogP contribution in [0, 0.1) is 0 Å². The molecule has 0 atom stereocenters. The van der Waals surface area contributed by atoms with Crippen LogP contribution in [0.5, 0.6) is 0 Å². The first-order chi connectivity index (χ1) is 16.9. The molecule has 1 aliphatic heterocycles. The summed E-state index contributed by atoms with van der Waals surface area (Å²) in [6.45, 7) is 7.50. The first kappa shape index (κ1) is 27.1. The molecule has 6 nitrogen and oxygen atoms in total. The number of halogens is 1. The maximum atomic E-state index is 11.3. The number of nitrogens with one attached hydrogen (secondary N) is 2. The summed E-state index contributed by atoms with van der Waals surface area (Å²) in [4.78, 5) is 32.0. The Morgan fingerprint density at radius 1 is 1.06 bits per heavy atom. The minimum atomic E-state index is -0.150. The molecule has 9 heteroatoms. The SMILES string of the molecule is Brc1cc2sc(-c3ccc(-c4cnc[nH]4)cc3)cc2s1.CC(=O)NCC(=O)N1CCCC1.CCC. The highest BCUT2D eigenvalue weighted by molar-refractivity contribution is 9.11. The number of hydrogen-bond acceptors (Lipinski definition) is 5. The largest absolute Gasteiger partial charge is 0.347 e. The van der Waals surface area contributed by atoms with Gasteiger partial charge in [-0.2, -0.15) is 0 Å². The quantitative estimate of drug-likeness (QED) is 0.277. The van der Waals surface area contributed by atoms with Gasteiger partial charge in [-0.25, -0.2) is 4.98 Å². The average molecular weight is 576 g/mol. The van der Waals surface area contributed by atoms with E-state index in [-0.39, 0.29) is 18.4 Å². The molecule has 2 amide bonds. The Balaban J connectivity index is 0.000000196. The van der Waals surface area contributed by atoms with Crippen molar-refractivity contribution in [2.75, 3.05) is 19.6 Å². The van der Waals surface area contributed by atoms with E-state index in [2.05, 4.69) is 81.5 Å². The Kier molecular flexibility index (Phi) is 10.5. The molecule has 1 fully saturated rings. The summed E-state index contributed by atoms with van der Waals surface area (Å²) in [7, 11) is 0. The molecule has 0 radical (unpaired) electrons. The molecule has 35 heavy (non-hydrogen) atoms. The summed E-state index contributed by atoms with van der Waals surface area (Å²) in [6.07, 6.45) is 6.97. The molecular weight excluding hydrogens is 544 g/mol. The van der Waals surface area contributed by atoms with Crippen LogP contribution in [0.2, 0.25) is 0 Å². The number of carbonyl (C=O) groups excluding carboxylic acids is 2. The fourth-order valence-electron chi connectivity index (χ4n) is 3.45. The van der Waals surface area contributed by atoms with E-state index >= 15 is 0 Å². The standard InChI is InChI=1S/C15H9BrN2S2.C8H14N2O2.C3H8/c16-15-6-14-13(20-15)5-12(19-14)10-3-1-9(2-4-10)11-7-17-8-18-11;1-7(11)9-6-8(12)10-4-2-3-5-10;1-3-2/h1-8H,(H,17,18);2-6H2,1H3,(H,9,11);3H2,1-2H3. The summed E-state index contributed by atoms with van der Waals surface area (Å²) in [6, 6.07) is 13.0. The van der Waals surface area contributed by atoms with E-state index in [1.807, 2.05) is 17.5 Å². The number of nitrogens with zero attached hydrogens (tertiary/aromatic N) is 2. The van der Waals surface area contributed by atoms with Gasteiger partial charge in [-0.05, 0) is 52.0 Å². The van der Waals surface area contributed by atoms with Gasteiger partial charge in [0.1, 0.15) is 0 Å². The summed E-state index contributed by atoms with van der Waals surface area (Å²) < 4.78 is 3.88. The number of aromatic nitrogens is 2. The monoisotopic (exact) mass is 574 g/mol. The number of amides is 2. The molecule has 0 unspecified atom stereocenters. The molecule has 4 heterocycles. The van der Waals surface area contributed by atoms with Crippen molar-refractivity contribution in [3.05, 3.63) is 52.7 Å². The number of thiophene rings is 2. The second-order valence-corrected chi connectivity index (χ2v) is 11.7. The Labute approximate surface area is 222 Å². The van der Waals surface area contributed by atoms with Crippen molar-refractivity contribution in [1.82, 2.24) is 20.2 Å². The van der Waals surface area contributed by atoms with E-state index in [1.54, 1.807) is 22.6 Å². The van der Waals surface area contributed by atoms with Crippen molar-refractivity contribution in [2.45, 2.75) is 40.0 Å². The van der Waals surface area contributed by atoms with Crippen LogP contribution >= 0.6 is 38.6 Å². The zero-order valence-corrected chi connectivity index (χ0v) is 23.5. The molecule has 186 valence electrons. The van der Waals surface area contributed by atoms with Crippen LogP contribution in [0.15, 0.2) is 52.7 Å². The minimum absolute atomic E-state index is 0.0303. The molecule has 0 aliphatic carbocycles. The van der Waals surface area contributed by atoms with Crippen LogP contribution in [0.25, 0.3) is 31.1 Å². The van der Waals surface area contributed by atoms with Crippen LogP contribution in [0.4, 0.5) is 0 Å². The molecule has 0 spiro atoms. The summed E-state index contributed by atoms with van der Waals surface area (Å²) in [5.41, 5.74) is 3.47. The van der Waals surface area contributed by atoms with Gasteiger partial charge in [0.2, 0.25) is 11.8 Å². The van der Waals surface area contributed by atoms with E-state index in [0.717, 1.165) is 37.2 Å². The lowest BCUT2D eigenvalue weighted by atomic mass is 10.1. The molecule has 0 bridgehead atoms. The Bertz CT molecular complexity index is 1180. The molecule has 1 aromatic carbocycles. The van der Waals surface area contributed by atoms with E-state index < -0.39 is 0 Å². The molecule has 1 aliphatic rings. The van der Waals surface area contributed by atoms with Crippen molar-refractivity contribution in [3.8, 4) is 21.7 Å². The second kappa shape index (κ2) is 13.6. The molecular formula is C26H31BrN4O2S2. The lowest BCUT2D eigenvalue weighted by Gasteiger charge is -2.14. The normalized spacial score (nSPS) is 12.5. The maximum Gasteiger partial charge on any atom is 0.241 e. The van der Waals surface area contributed by atoms with Crippen molar-refractivity contribution in [2.24, 2.45) is 0 Å². The molecule has 1 saturated heterocycles. The highest BCUT2D eigenvalue weighted by Gasteiger charge is 2.17. The second-order valence-electron chi connectivity index (χ2n) is 8.14. The van der Waals surface area contributed by atoms with Crippen LogP contribution in [0.3, 0.4) is 0 Å². The van der Waals surface area contributed by atoms with E-state index in [4.69, 9.17) is 0 Å². The summed E-state index contributed by atoms with van der Waals surface area (Å²) in [5.74, 6) is -0.120. The number of aromatic amines is 1. The summed E-state index contributed by atoms with van der Waals surface area (Å²) >= 11 is 7.15. The fraction of sp³-hybridized carbons (Fsp3) is 0.346. The first-order valence-corrected chi connectivity index (χ1v) is 14.1. The van der Waals surface area contributed by atoms with E-state index in [1.165, 1.54) is 37.0 Å². The third-order valence-corrected chi connectivity index (χ3v) is 7.95. The van der Waals surface area contributed by atoms with Gasteiger partial charge in [-0.3, -0.25) is 9.59 Å². The Morgan fingerprint density at radius 2 is 1.69 bits per heavy atom. The molecule has 5 rings (SSSR count). The third kappa shape index (κ3) is 8.02. The number of carbonyl (C=O) groups is 2. The highest BCUT2D eigenvalue weighted by Crippen LogP contribution is 2.40. The maximum absolute atomic E-state index is 11.3. The summed E-state index contributed by atoms with van der Waals surface area (Å²) in [5, 5.41) is 2.49. The van der Waals surface area contributed by atoms with E-state index in [0.29, 0.717) is 0 Å². The van der Waals surface area contributed by atoms with Crippen molar-refractivity contribution >= 4 is 59.8 Å². The van der Waals surface area contributed by atoms with Gasteiger partial charge in [-0.15, -0.1) is 22.7 Å². The van der Waals surface area contributed by atoms with Gasteiger partial charge in [0.25, 0.3) is 0 Å². The smallest absolute Gasteiger partial charge is 0.241 e. The number of H-pyrrole nitrogens is 1. The molecule has 0 saturated carbocycles. The number of hydrogen-bond donors (Lipinski definition) is 2. The van der Waals surface area contributed by atoms with Crippen LogP contribution in [-0.4, -0.2) is 46.3 Å². The zero-order valence-electron chi connectivity index (χ0n) is 20.3. The highest BCUT2D eigenvalue weighted by atomic mass is 79.9. The van der Waals surface area contributed by atoms with Crippen LogP contribution in [-0.2, 0) is 9.59 Å². The van der Waals surface area contributed by atoms with Gasteiger partial charge in [0.05, 0.1) is 28.5 Å². The first-order valence-electron chi connectivity index (χ1n) is 11.7. The fourth-order valence-corrected chi connectivity index (χ4v) is 6.48. The third-order valence-electron chi connectivity index (χ3n) is 5.10. The lowest BCUT2D eigenvalue weighted by molar-refractivity contribution is -0.131. The zero-order chi connectivity index (χ0) is 25.2.